The van der Waals surface area contributed by atoms with E-state index in [1.54, 1.807) is 0 Å². The number of nitrogens with two attached hydrogens (primary N) is 1. The van der Waals surface area contributed by atoms with Crippen LogP contribution in [-0.2, 0) is 0 Å². The predicted octanol–water partition coefficient (Wildman–Crippen LogP) is 1.60. The zero-order chi connectivity index (χ0) is 9.10. The van der Waals surface area contributed by atoms with Gasteiger partial charge in [0.1, 0.15) is 0 Å². The van der Waals surface area contributed by atoms with Crippen LogP contribution >= 0.6 is 0 Å². The molecular formula is C11H22N2. The van der Waals surface area contributed by atoms with Gasteiger partial charge in [0.05, 0.1) is 0 Å². The number of likely N-dealkylation sites (tertiary alicyclic amines) is 1. The highest BCUT2D eigenvalue weighted by molar-refractivity contribution is 4.77. The van der Waals surface area contributed by atoms with Crippen molar-refractivity contribution in [3.8, 4) is 0 Å². The average Bonchev–Trinajstić information content (AvgIpc) is 2.23. The molecule has 1 atom stereocenters. The lowest BCUT2D eigenvalue weighted by atomic mass is 9.85. The monoisotopic (exact) mass is 182 g/mol. The van der Waals surface area contributed by atoms with Crippen molar-refractivity contribution in [1.29, 1.82) is 0 Å². The molecule has 1 saturated carbocycles. The lowest BCUT2D eigenvalue weighted by Gasteiger charge is -2.31. The van der Waals surface area contributed by atoms with Crippen LogP contribution in [-0.4, -0.2) is 30.6 Å². The first-order chi connectivity index (χ1) is 6.34. The zero-order valence-electron chi connectivity index (χ0n) is 8.54. The topological polar surface area (TPSA) is 29.3 Å². The van der Waals surface area contributed by atoms with Gasteiger partial charge in [0.15, 0.2) is 0 Å². The third-order valence-electron chi connectivity index (χ3n) is 3.61. The number of rotatable bonds is 2. The van der Waals surface area contributed by atoms with E-state index in [-0.39, 0.29) is 0 Å². The molecule has 2 rings (SSSR count). The van der Waals surface area contributed by atoms with E-state index in [1.165, 1.54) is 58.2 Å². The van der Waals surface area contributed by atoms with E-state index < -0.39 is 0 Å². The fourth-order valence-electron chi connectivity index (χ4n) is 2.40. The Morgan fingerprint density at radius 3 is 2.54 bits per heavy atom. The summed E-state index contributed by atoms with van der Waals surface area (Å²) in [5.74, 6) is 1.02. The highest BCUT2D eigenvalue weighted by atomic mass is 15.1. The Bertz CT molecular complexity index is 154. The van der Waals surface area contributed by atoms with Gasteiger partial charge < -0.3 is 10.6 Å². The van der Waals surface area contributed by atoms with Gasteiger partial charge >= 0.3 is 0 Å². The Morgan fingerprint density at radius 2 is 1.85 bits per heavy atom. The molecule has 0 aromatic heterocycles. The molecule has 0 radical (unpaired) electrons. The second-order valence-corrected chi connectivity index (χ2v) is 4.79. The fraction of sp³-hybridized carbons (Fsp3) is 1.00. The maximum atomic E-state index is 5.95. The summed E-state index contributed by atoms with van der Waals surface area (Å²) in [6.45, 7) is 3.90. The van der Waals surface area contributed by atoms with Gasteiger partial charge in [-0.2, -0.15) is 0 Å². The van der Waals surface area contributed by atoms with E-state index in [0.29, 0.717) is 6.04 Å². The molecule has 1 aliphatic carbocycles. The quantitative estimate of drug-likeness (QED) is 0.703. The largest absolute Gasteiger partial charge is 0.328 e. The molecule has 1 saturated heterocycles. The SMILES string of the molecule is NC1CCCN(CC2CCC2)CC1. The molecule has 0 amide bonds. The van der Waals surface area contributed by atoms with Crippen molar-refractivity contribution in [3.63, 3.8) is 0 Å². The molecule has 0 spiro atoms. The molecule has 1 heterocycles. The van der Waals surface area contributed by atoms with Crippen LogP contribution in [0, 0.1) is 5.92 Å². The summed E-state index contributed by atoms with van der Waals surface area (Å²) in [7, 11) is 0. The Morgan fingerprint density at radius 1 is 1.00 bits per heavy atom. The summed E-state index contributed by atoms with van der Waals surface area (Å²) in [4.78, 5) is 2.64. The van der Waals surface area contributed by atoms with Crippen LogP contribution < -0.4 is 5.73 Å². The Kier molecular flexibility index (Phi) is 3.23. The van der Waals surface area contributed by atoms with Crippen molar-refractivity contribution >= 4 is 0 Å². The second-order valence-electron chi connectivity index (χ2n) is 4.79. The molecule has 13 heavy (non-hydrogen) atoms. The van der Waals surface area contributed by atoms with E-state index in [4.69, 9.17) is 5.73 Å². The molecular weight excluding hydrogens is 160 g/mol. The number of hydrogen-bond acceptors (Lipinski definition) is 2. The van der Waals surface area contributed by atoms with Crippen molar-refractivity contribution < 1.29 is 0 Å². The van der Waals surface area contributed by atoms with Gasteiger partial charge in [-0.1, -0.05) is 6.42 Å². The van der Waals surface area contributed by atoms with Crippen molar-refractivity contribution in [2.75, 3.05) is 19.6 Å². The Labute approximate surface area is 81.5 Å². The fourth-order valence-corrected chi connectivity index (χ4v) is 2.40. The molecule has 2 nitrogen and oxygen atoms in total. The van der Waals surface area contributed by atoms with Crippen LogP contribution in [0.3, 0.4) is 0 Å². The van der Waals surface area contributed by atoms with Crippen LogP contribution in [0.2, 0.25) is 0 Å². The van der Waals surface area contributed by atoms with E-state index in [0.717, 1.165) is 5.92 Å². The second kappa shape index (κ2) is 4.43. The molecule has 0 bridgehead atoms. The molecule has 2 N–H and O–H groups in total. The van der Waals surface area contributed by atoms with Crippen molar-refractivity contribution in [1.82, 2.24) is 4.90 Å². The average molecular weight is 182 g/mol. The number of hydrogen-bond donors (Lipinski definition) is 1. The van der Waals surface area contributed by atoms with Crippen molar-refractivity contribution in [2.45, 2.75) is 44.6 Å². The summed E-state index contributed by atoms with van der Waals surface area (Å²) in [6, 6.07) is 0.478. The lowest BCUT2D eigenvalue weighted by Crippen LogP contribution is -2.33. The smallest absolute Gasteiger partial charge is 0.00514 e. The molecule has 0 aromatic carbocycles. The van der Waals surface area contributed by atoms with Crippen LogP contribution in [0.5, 0.6) is 0 Å². The third kappa shape index (κ3) is 2.68. The molecule has 0 aromatic rings. The maximum Gasteiger partial charge on any atom is 0.00514 e. The van der Waals surface area contributed by atoms with Gasteiger partial charge in [-0.3, -0.25) is 0 Å². The summed E-state index contributed by atoms with van der Waals surface area (Å²) in [5.41, 5.74) is 5.95. The summed E-state index contributed by atoms with van der Waals surface area (Å²) in [5, 5.41) is 0. The van der Waals surface area contributed by atoms with Gasteiger partial charge in [-0.25, -0.2) is 0 Å². The summed E-state index contributed by atoms with van der Waals surface area (Å²) < 4.78 is 0. The first-order valence-corrected chi connectivity index (χ1v) is 5.82. The van der Waals surface area contributed by atoms with Gasteiger partial charge in [0.2, 0.25) is 0 Å². The molecule has 1 aliphatic heterocycles. The van der Waals surface area contributed by atoms with E-state index >= 15 is 0 Å². The predicted molar refractivity (Wildman–Crippen MR) is 55.6 cm³/mol. The van der Waals surface area contributed by atoms with E-state index in [2.05, 4.69) is 4.90 Å². The maximum absolute atomic E-state index is 5.95. The third-order valence-corrected chi connectivity index (χ3v) is 3.61. The minimum Gasteiger partial charge on any atom is -0.328 e. The Balaban J connectivity index is 1.71. The van der Waals surface area contributed by atoms with Crippen LogP contribution in [0.1, 0.15) is 38.5 Å². The first-order valence-electron chi connectivity index (χ1n) is 5.82. The minimum absolute atomic E-state index is 0.478. The summed E-state index contributed by atoms with van der Waals surface area (Å²) in [6.07, 6.45) is 8.19. The normalized spacial score (nSPS) is 32.5. The van der Waals surface area contributed by atoms with Crippen molar-refractivity contribution in [2.24, 2.45) is 11.7 Å². The zero-order valence-corrected chi connectivity index (χ0v) is 8.54. The highest BCUT2D eigenvalue weighted by Gasteiger charge is 2.22. The van der Waals surface area contributed by atoms with E-state index in [1.807, 2.05) is 0 Å². The summed E-state index contributed by atoms with van der Waals surface area (Å²) >= 11 is 0. The van der Waals surface area contributed by atoms with Gasteiger partial charge in [0, 0.05) is 12.6 Å². The molecule has 1 unspecified atom stereocenters. The standard InChI is InChI=1S/C11H22N2/c12-11-5-2-7-13(8-6-11)9-10-3-1-4-10/h10-11H,1-9,12H2. The van der Waals surface area contributed by atoms with Gasteiger partial charge in [-0.05, 0) is 51.1 Å². The van der Waals surface area contributed by atoms with Gasteiger partial charge in [0.25, 0.3) is 0 Å². The van der Waals surface area contributed by atoms with E-state index in [9.17, 15) is 0 Å². The molecule has 2 heteroatoms. The molecule has 2 aliphatic rings. The Hall–Kier alpha value is -0.0800. The van der Waals surface area contributed by atoms with Crippen LogP contribution in [0.25, 0.3) is 0 Å². The van der Waals surface area contributed by atoms with Gasteiger partial charge in [-0.15, -0.1) is 0 Å². The minimum atomic E-state index is 0.478. The van der Waals surface area contributed by atoms with Crippen molar-refractivity contribution in [3.05, 3.63) is 0 Å². The first kappa shape index (κ1) is 9.47. The highest BCUT2D eigenvalue weighted by Crippen LogP contribution is 2.27. The lowest BCUT2D eigenvalue weighted by molar-refractivity contribution is 0.182. The molecule has 2 fully saturated rings. The molecule has 76 valence electrons. The van der Waals surface area contributed by atoms with Crippen LogP contribution in [0.15, 0.2) is 0 Å². The van der Waals surface area contributed by atoms with Crippen LogP contribution in [0.4, 0.5) is 0 Å². The number of nitrogens with zero attached hydrogens (tertiary/aromatic N) is 1.